The van der Waals surface area contributed by atoms with Crippen LogP contribution in [0.25, 0.3) is 0 Å². The smallest absolute Gasteiger partial charge is 0.296 e. The van der Waals surface area contributed by atoms with Crippen LogP contribution < -0.4 is 0 Å². The van der Waals surface area contributed by atoms with Crippen LogP contribution in [-0.4, -0.2) is 139 Å². The molecule has 3 rings (SSSR count). The number of aliphatic hydroxyl groups is 3. The van der Waals surface area contributed by atoms with Crippen LogP contribution in [0.15, 0.2) is 47.1 Å². The lowest BCUT2D eigenvalue weighted by molar-refractivity contribution is -0.273. The van der Waals surface area contributed by atoms with Gasteiger partial charge in [0.1, 0.15) is 24.3 Å². The van der Waals surface area contributed by atoms with Crippen LogP contribution in [0, 0.1) is 41.4 Å². The summed E-state index contributed by atoms with van der Waals surface area (Å²) < 4.78 is 29.5. The van der Waals surface area contributed by atoms with E-state index in [1.165, 1.54) is 12.0 Å². The summed E-state index contributed by atoms with van der Waals surface area (Å²) in [5.74, 6) is -5.82. The van der Waals surface area contributed by atoms with Crippen molar-refractivity contribution in [2.75, 3.05) is 34.5 Å². The molecule has 16 atom stereocenters. The quantitative estimate of drug-likeness (QED) is 0.0297. The molecule has 1 amide bonds. The number of likely N-dealkylation sites (tertiary alicyclic amines) is 1. The second-order valence-electron chi connectivity index (χ2n) is 21.1. The first-order chi connectivity index (χ1) is 33.1. The SMILES string of the molecule is CCCO[C@@H](CC(=O)[C@H](C)/C=C(\C)[C@@H](O)[C@@H](OC)C(=O)[C@H](C)C[C@H](C)/C=C/C=C/C(C)=C(\C)[C@@H](OC)[C@H](C)[C@@H]1CC[C@@H](C)[C@](O)(C(=O)C(=O)N2CCCC[C@H]2C=O)O1)[C@H](C)C[C@@H]1CC[C@@H](O)[C@H](OC)C1. The highest BCUT2D eigenvalue weighted by Crippen LogP contribution is 2.39. The number of Topliss-reactive ketones (excluding diaryl/α,β-unsaturated/α-hetero) is 3. The molecule has 2 saturated heterocycles. The van der Waals surface area contributed by atoms with Crippen molar-refractivity contribution < 1.29 is 63.0 Å². The number of allylic oxidation sites excluding steroid dienone is 6. The Hall–Kier alpha value is -3.21. The first kappa shape index (κ1) is 61.1. The summed E-state index contributed by atoms with van der Waals surface area (Å²) in [6, 6.07) is -0.691. The van der Waals surface area contributed by atoms with Crippen LogP contribution >= 0.6 is 0 Å². The third-order valence-electron chi connectivity index (χ3n) is 15.6. The number of carbonyl (C=O) groups is 5. The molecule has 0 radical (unpaired) electrons. The number of ketones is 3. The van der Waals surface area contributed by atoms with Crippen molar-refractivity contribution in [2.24, 2.45) is 41.4 Å². The monoisotopic (exact) mass is 986 g/mol. The maximum atomic E-state index is 13.7. The number of piperidine rings is 1. The van der Waals surface area contributed by atoms with Gasteiger partial charge in [0, 0.05) is 64.6 Å². The molecule has 0 bridgehead atoms. The fraction of sp³-hybridized carbons (Fsp3) is 0.768. The van der Waals surface area contributed by atoms with Crippen LogP contribution in [0.3, 0.4) is 0 Å². The van der Waals surface area contributed by atoms with Gasteiger partial charge in [-0.15, -0.1) is 0 Å². The van der Waals surface area contributed by atoms with Gasteiger partial charge < -0.3 is 48.7 Å². The summed E-state index contributed by atoms with van der Waals surface area (Å²) in [7, 11) is 4.65. The molecular formula is C56H91NO13. The summed E-state index contributed by atoms with van der Waals surface area (Å²) in [6.07, 6.45) is 13.9. The Labute approximate surface area is 420 Å². The summed E-state index contributed by atoms with van der Waals surface area (Å²) >= 11 is 0. The lowest BCUT2D eigenvalue weighted by atomic mass is 9.78. The van der Waals surface area contributed by atoms with Gasteiger partial charge in [-0.25, -0.2) is 0 Å². The molecule has 0 unspecified atom stereocenters. The molecule has 70 heavy (non-hydrogen) atoms. The van der Waals surface area contributed by atoms with Gasteiger partial charge in [0.2, 0.25) is 5.79 Å². The summed E-state index contributed by atoms with van der Waals surface area (Å²) in [4.78, 5) is 67.3. The van der Waals surface area contributed by atoms with Crippen LogP contribution in [0.1, 0.15) is 146 Å². The van der Waals surface area contributed by atoms with E-state index in [0.29, 0.717) is 62.9 Å². The van der Waals surface area contributed by atoms with Gasteiger partial charge in [-0.2, -0.15) is 0 Å². The molecule has 0 spiro atoms. The van der Waals surface area contributed by atoms with E-state index in [1.807, 2.05) is 72.8 Å². The molecule has 3 aliphatic rings. The summed E-state index contributed by atoms with van der Waals surface area (Å²) in [5.41, 5.74) is 2.37. The lowest BCUT2D eigenvalue weighted by Gasteiger charge is -2.44. The Morgan fingerprint density at radius 1 is 0.914 bits per heavy atom. The second-order valence-corrected chi connectivity index (χ2v) is 21.1. The second kappa shape index (κ2) is 29.5. The van der Waals surface area contributed by atoms with Crippen LogP contribution in [0.5, 0.6) is 0 Å². The van der Waals surface area contributed by atoms with E-state index in [9.17, 15) is 39.3 Å². The van der Waals surface area contributed by atoms with Crippen molar-refractivity contribution in [1.29, 1.82) is 0 Å². The molecule has 1 saturated carbocycles. The summed E-state index contributed by atoms with van der Waals surface area (Å²) in [5, 5.41) is 33.3. The minimum absolute atomic E-state index is 0.00282. The molecule has 1 aliphatic carbocycles. The van der Waals surface area contributed by atoms with Crippen molar-refractivity contribution in [3.8, 4) is 0 Å². The molecule has 398 valence electrons. The fourth-order valence-corrected chi connectivity index (χ4v) is 10.8. The van der Waals surface area contributed by atoms with Crippen LogP contribution in [0.2, 0.25) is 0 Å². The molecule has 2 heterocycles. The van der Waals surface area contributed by atoms with Crippen LogP contribution in [0.4, 0.5) is 0 Å². The summed E-state index contributed by atoms with van der Waals surface area (Å²) in [6.45, 7) is 20.0. The minimum Gasteiger partial charge on any atom is -0.390 e. The molecule has 14 nitrogen and oxygen atoms in total. The molecule has 0 aromatic carbocycles. The maximum Gasteiger partial charge on any atom is 0.296 e. The van der Waals surface area contributed by atoms with Crippen molar-refractivity contribution in [3.05, 3.63) is 47.1 Å². The Morgan fingerprint density at radius 3 is 2.23 bits per heavy atom. The number of methoxy groups -OCH3 is 3. The molecule has 14 heteroatoms. The van der Waals surface area contributed by atoms with E-state index in [1.54, 1.807) is 34.1 Å². The highest BCUT2D eigenvalue weighted by atomic mass is 16.6. The topological polar surface area (TPSA) is 195 Å². The van der Waals surface area contributed by atoms with E-state index in [4.69, 9.17) is 23.7 Å². The predicted molar refractivity (Wildman–Crippen MR) is 271 cm³/mol. The lowest BCUT2D eigenvalue weighted by Crippen LogP contribution is -2.60. The molecule has 0 aromatic rings. The molecular weight excluding hydrogens is 895 g/mol. The number of rotatable bonds is 28. The number of amides is 1. The molecule has 3 fully saturated rings. The zero-order valence-corrected chi connectivity index (χ0v) is 44.9. The number of ether oxygens (including phenoxy) is 5. The van der Waals surface area contributed by atoms with Gasteiger partial charge in [0.05, 0.1) is 36.6 Å². The van der Waals surface area contributed by atoms with Gasteiger partial charge in [0.15, 0.2) is 5.78 Å². The highest BCUT2D eigenvalue weighted by molar-refractivity contribution is 6.39. The van der Waals surface area contributed by atoms with Gasteiger partial charge >= 0.3 is 0 Å². The predicted octanol–water partition coefficient (Wildman–Crippen LogP) is 7.89. The zero-order valence-electron chi connectivity index (χ0n) is 44.9. The van der Waals surface area contributed by atoms with Crippen molar-refractivity contribution in [3.63, 3.8) is 0 Å². The standard InChI is InChI=1S/C56H91NO13/c1-14-27-69-48(37(5)30-43-23-24-45(59)49(31-43)66-11)32-46(60)36(4)29-39(7)51(62)53(68-13)50(61)38(6)28-34(2)19-15-16-20-35(3)41(9)52(67-12)42(10)47-25-22-40(8)56(65,70-47)54(63)55(64)57-26-18-17-21-44(57)33-58/h15-16,19-20,29,33-34,36-38,40,42-45,47-49,51-53,59,62,65H,14,17-18,21-28,30-32H2,1-13H3/b19-15+,20-16+,39-29+,41-35+/t34-,36-,37-,38-,40-,42-,43+,44+,45-,47+,48+,49-,51-,52-,53+,56-/m1/s1. The first-order valence-corrected chi connectivity index (χ1v) is 26.1. The Bertz CT molecular complexity index is 1820. The van der Waals surface area contributed by atoms with E-state index in [2.05, 4.69) is 6.92 Å². The largest absolute Gasteiger partial charge is 0.390 e. The van der Waals surface area contributed by atoms with Crippen molar-refractivity contribution in [1.82, 2.24) is 4.90 Å². The average Bonchev–Trinajstić information content (AvgIpc) is 3.34. The van der Waals surface area contributed by atoms with Crippen molar-refractivity contribution in [2.45, 2.75) is 201 Å². The average molecular weight is 986 g/mol. The number of aliphatic hydroxyl groups excluding tert-OH is 2. The van der Waals surface area contributed by atoms with Gasteiger partial charge in [-0.3, -0.25) is 19.2 Å². The first-order valence-electron chi connectivity index (χ1n) is 26.1. The number of nitrogens with zero attached hydrogens (tertiary/aromatic N) is 1. The third-order valence-corrected chi connectivity index (χ3v) is 15.6. The molecule has 2 aliphatic heterocycles. The fourth-order valence-electron chi connectivity index (χ4n) is 10.8. The van der Waals surface area contributed by atoms with Gasteiger partial charge in [-0.05, 0) is 126 Å². The minimum atomic E-state index is -2.32. The van der Waals surface area contributed by atoms with Crippen LogP contribution in [-0.2, 0) is 47.7 Å². The Morgan fingerprint density at radius 2 is 1.60 bits per heavy atom. The third kappa shape index (κ3) is 16.7. The number of carbonyl (C=O) groups excluding carboxylic acids is 5. The normalized spacial score (nSPS) is 29.1. The van der Waals surface area contributed by atoms with Gasteiger partial charge in [-0.1, -0.05) is 78.8 Å². The molecule has 3 N–H and O–H groups in total. The maximum absolute atomic E-state index is 13.7. The molecule has 0 aromatic heterocycles. The van der Waals surface area contributed by atoms with E-state index >= 15 is 0 Å². The highest BCUT2D eigenvalue weighted by Gasteiger charge is 2.53. The van der Waals surface area contributed by atoms with Crippen molar-refractivity contribution >= 4 is 29.5 Å². The number of hydrogen-bond donors (Lipinski definition) is 3. The number of hydrogen-bond acceptors (Lipinski definition) is 13. The number of aldehydes is 1. The Kier molecular flexibility index (Phi) is 25.7. The van der Waals surface area contributed by atoms with Gasteiger partial charge in [0.25, 0.3) is 11.7 Å². The van der Waals surface area contributed by atoms with E-state index in [-0.39, 0.29) is 54.5 Å². The van der Waals surface area contributed by atoms with E-state index in [0.717, 1.165) is 43.3 Å². The zero-order chi connectivity index (χ0) is 52.5. The van der Waals surface area contributed by atoms with E-state index < -0.39 is 71.8 Å². The Balaban J connectivity index is 1.59.